The largest absolute Gasteiger partial charge is 0.281 e. The van der Waals surface area contributed by atoms with Crippen LogP contribution in [-0.2, 0) is 21.4 Å². The Morgan fingerprint density at radius 2 is 2.03 bits per heavy atom. The number of thiazole rings is 1. The standard InChI is InChI=1S/C23H21ClN4O3S3/c24-17-8-5-10-19-21(17)26-23(33-19)27(15-16-7-1-3-12-25-16)22(29)18-9-2-4-13-28(18)34(30,31)20-11-6-14-32-20/h1,3,5-8,10-12,14,18H,2,4,9,13,15H2. The van der Waals surface area contributed by atoms with Crippen LogP contribution in [0.25, 0.3) is 10.2 Å². The van der Waals surface area contributed by atoms with Gasteiger partial charge in [-0.1, -0.05) is 47.6 Å². The summed E-state index contributed by atoms with van der Waals surface area (Å²) in [6, 6.07) is 13.5. The molecule has 176 valence electrons. The van der Waals surface area contributed by atoms with Gasteiger partial charge in [0, 0.05) is 12.7 Å². The molecule has 0 spiro atoms. The van der Waals surface area contributed by atoms with E-state index in [1.54, 1.807) is 34.7 Å². The van der Waals surface area contributed by atoms with Crippen LogP contribution in [-0.4, -0.2) is 41.2 Å². The van der Waals surface area contributed by atoms with Crippen molar-refractivity contribution < 1.29 is 13.2 Å². The van der Waals surface area contributed by atoms with Crippen molar-refractivity contribution >= 4 is 65.6 Å². The van der Waals surface area contributed by atoms with Crippen molar-refractivity contribution in [2.24, 2.45) is 0 Å². The van der Waals surface area contributed by atoms with Gasteiger partial charge in [0.1, 0.15) is 15.8 Å². The molecule has 5 rings (SSSR count). The Kier molecular flexibility index (Phi) is 6.67. The number of para-hydroxylation sites is 1. The van der Waals surface area contributed by atoms with E-state index in [9.17, 15) is 13.2 Å². The number of benzene rings is 1. The number of pyridine rings is 1. The lowest BCUT2D eigenvalue weighted by Gasteiger charge is -2.35. The molecule has 7 nitrogen and oxygen atoms in total. The van der Waals surface area contributed by atoms with Gasteiger partial charge in [-0.15, -0.1) is 11.3 Å². The van der Waals surface area contributed by atoms with Crippen LogP contribution in [0.2, 0.25) is 5.02 Å². The number of sulfonamides is 1. The van der Waals surface area contributed by atoms with E-state index in [1.807, 2.05) is 30.3 Å². The molecule has 1 fully saturated rings. The first-order valence-corrected chi connectivity index (χ1v) is 14.3. The van der Waals surface area contributed by atoms with Gasteiger partial charge in [-0.3, -0.25) is 14.7 Å². The normalized spacial score (nSPS) is 17.1. The number of piperidine rings is 1. The summed E-state index contributed by atoms with van der Waals surface area (Å²) in [7, 11) is -3.78. The Labute approximate surface area is 210 Å². The predicted molar refractivity (Wildman–Crippen MR) is 136 cm³/mol. The second kappa shape index (κ2) is 9.71. The first kappa shape index (κ1) is 23.4. The number of fused-ring (bicyclic) bond motifs is 1. The van der Waals surface area contributed by atoms with Crippen molar-refractivity contribution in [2.75, 3.05) is 11.4 Å². The molecule has 1 unspecified atom stereocenters. The Morgan fingerprint density at radius 1 is 1.15 bits per heavy atom. The molecule has 3 aromatic heterocycles. The van der Waals surface area contributed by atoms with Crippen LogP contribution in [0.5, 0.6) is 0 Å². The molecule has 1 amide bonds. The summed E-state index contributed by atoms with van der Waals surface area (Å²) >= 11 is 8.86. The topological polar surface area (TPSA) is 83.5 Å². The predicted octanol–water partition coefficient (Wildman–Crippen LogP) is 5.18. The summed E-state index contributed by atoms with van der Waals surface area (Å²) in [6.07, 6.45) is 3.61. The van der Waals surface area contributed by atoms with Gasteiger partial charge in [0.25, 0.3) is 10.0 Å². The molecule has 0 N–H and O–H groups in total. The van der Waals surface area contributed by atoms with Crippen molar-refractivity contribution in [3.8, 4) is 0 Å². The van der Waals surface area contributed by atoms with Gasteiger partial charge >= 0.3 is 0 Å². The van der Waals surface area contributed by atoms with Crippen LogP contribution in [0.15, 0.2) is 64.3 Å². The molecule has 34 heavy (non-hydrogen) atoms. The van der Waals surface area contributed by atoms with Gasteiger partial charge < -0.3 is 0 Å². The van der Waals surface area contributed by atoms with Crippen LogP contribution in [0.1, 0.15) is 25.0 Å². The molecule has 1 atom stereocenters. The molecule has 1 aromatic carbocycles. The molecule has 1 aliphatic rings. The molecule has 11 heteroatoms. The maximum atomic E-state index is 14.0. The van der Waals surface area contributed by atoms with Crippen molar-refractivity contribution in [1.29, 1.82) is 0 Å². The molecule has 4 aromatic rings. The van der Waals surface area contributed by atoms with Crippen molar-refractivity contribution in [2.45, 2.75) is 36.1 Å². The summed E-state index contributed by atoms with van der Waals surface area (Å²) < 4.78 is 29.2. The van der Waals surface area contributed by atoms with Crippen molar-refractivity contribution in [3.05, 3.63) is 70.8 Å². The Morgan fingerprint density at radius 3 is 2.76 bits per heavy atom. The Hall–Kier alpha value is -2.37. The van der Waals surface area contributed by atoms with E-state index < -0.39 is 16.1 Å². The van der Waals surface area contributed by atoms with Gasteiger partial charge in [0.2, 0.25) is 5.91 Å². The highest BCUT2D eigenvalue weighted by atomic mass is 35.5. The minimum absolute atomic E-state index is 0.181. The van der Waals surface area contributed by atoms with Crippen LogP contribution in [0.4, 0.5) is 5.13 Å². The number of hydrogen-bond donors (Lipinski definition) is 0. The molecule has 0 bridgehead atoms. The van der Waals surface area contributed by atoms with E-state index in [0.29, 0.717) is 40.8 Å². The minimum atomic E-state index is -3.78. The zero-order valence-electron chi connectivity index (χ0n) is 18.0. The summed E-state index contributed by atoms with van der Waals surface area (Å²) in [5.41, 5.74) is 1.30. The number of halogens is 1. The lowest BCUT2D eigenvalue weighted by atomic mass is 10.0. The average Bonchev–Trinajstić information content (AvgIpc) is 3.54. The minimum Gasteiger partial charge on any atom is -0.281 e. The number of nitrogens with zero attached hydrogens (tertiary/aromatic N) is 4. The highest BCUT2D eigenvalue weighted by Gasteiger charge is 2.41. The van der Waals surface area contributed by atoms with Crippen LogP contribution in [0, 0.1) is 0 Å². The van der Waals surface area contributed by atoms with Gasteiger partial charge in [-0.05, 0) is 48.6 Å². The molecular formula is C23H21ClN4O3S3. The smallest absolute Gasteiger partial charge is 0.253 e. The van der Waals surface area contributed by atoms with E-state index in [4.69, 9.17) is 11.6 Å². The molecule has 0 saturated carbocycles. The maximum absolute atomic E-state index is 14.0. The Bertz CT molecular complexity index is 1410. The third kappa shape index (κ3) is 4.48. The van der Waals surface area contributed by atoms with Gasteiger partial charge in [-0.2, -0.15) is 4.31 Å². The average molecular weight is 533 g/mol. The third-order valence-electron chi connectivity index (χ3n) is 5.70. The molecule has 0 radical (unpaired) electrons. The Balaban J connectivity index is 1.55. The monoisotopic (exact) mass is 532 g/mol. The fourth-order valence-electron chi connectivity index (χ4n) is 4.06. The van der Waals surface area contributed by atoms with Crippen LogP contribution in [0.3, 0.4) is 0 Å². The number of rotatable bonds is 6. The van der Waals surface area contributed by atoms with Crippen molar-refractivity contribution in [3.63, 3.8) is 0 Å². The fourth-order valence-corrected chi connectivity index (χ4v) is 8.10. The molecule has 4 heterocycles. The number of carbonyl (C=O) groups is 1. The van der Waals surface area contributed by atoms with E-state index >= 15 is 0 Å². The zero-order valence-corrected chi connectivity index (χ0v) is 21.2. The van der Waals surface area contributed by atoms with E-state index in [0.717, 1.165) is 22.5 Å². The quantitative estimate of drug-likeness (QED) is 0.341. The van der Waals surface area contributed by atoms with E-state index in [1.165, 1.54) is 15.6 Å². The summed E-state index contributed by atoms with van der Waals surface area (Å²) in [4.78, 5) is 24.6. The third-order valence-corrected chi connectivity index (χ3v) is 10.3. The molecule has 1 aliphatic heterocycles. The first-order chi connectivity index (χ1) is 16.4. The van der Waals surface area contributed by atoms with Gasteiger partial charge in [0.05, 0.1) is 22.0 Å². The number of aromatic nitrogens is 2. The highest BCUT2D eigenvalue weighted by Crippen LogP contribution is 2.35. The van der Waals surface area contributed by atoms with Gasteiger partial charge in [-0.25, -0.2) is 13.4 Å². The van der Waals surface area contributed by atoms with Crippen LogP contribution >= 0.6 is 34.3 Å². The van der Waals surface area contributed by atoms with Crippen molar-refractivity contribution in [1.82, 2.24) is 14.3 Å². The molecule has 1 saturated heterocycles. The second-order valence-corrected chi connectivity index (χ2v) is 12.4. The lowest BCUT2D eigenvalue weighted by molar-refractivity contribution is -0.123. The van der Waals surface area contributed by atoms with Crippen LogP contribution < -0.4 is 4.90 Å². The number of carbonyl (C=O) groups excluding carboxylic acids is 1. The summed E-state index contributed by atoms with van der Waals surface area (Å²) in [6.45, 7) is 0.486. The fraction of sp³-hybridized carbons (Fsp3) is 0.261. The lowest BCUT2D eigenvalue weighted by Crippen LogP contribution is -2.52. The van der Waals surface area contributed by atoms with E-state index in [-0.39, 0.29) is 16.7 Å². The second-order valence-electron chi connectivity index (χ2n) is 7.89. The first-order valence-electron chi connectivity index (χ1n) is 10.8. The molecular weight excluding hydrogens is 512 g/mol. The maximum Gasteiger partial charge on any atom is 0.253 e. The zero-order chi connectivity index (χ0) is 23.7. The van der Waals surface area contributed by atoms with E-state index in [2.05, 4.69) is 9.97 Å². The number of anilines is 1. The SMILES string of the molecule is O=C(C1CCCCN1S(=O)(=O)c1cccs1)N(Cc1ccccn1)c1nc2c(Cl)cccc2s1. The number of hydrogen-bond acceptors (Lipinski definition) is 7. The highest BCUT2D eigenvalue weighted by molar-refractivity contribution is 7.91. The number of amides is 1. The number of thiophene rings is 1. The summed E-state index contributed by atoms with van der Waals surface area (Å²) in [5, 5.41) is 2.70. The summed E-state index contributed by atoms with van der Waals surface area (Å²) in [5.74, 6) is -0.305. The van der Waals surface area contributed by atoms with Gasteiger partial charge in [0.15, 0.2) is 5.13 Å². The molecule has 0 aliphatic carbocycles.